The smallest absolute Gasteiger partial charge is 0.328 e. The summed E-state index contributed by atoms with van der Waals surface area (Å²) >= 11 is 0. The highest BCUT2D eigenvalue weighted by atomic mass is 16.5. The van der Waals surface area contributed by atoms with Gasteiger partial charge in [-0.15, -0.1) is 0 Å². The minimum absolute atomic E-state index is 0.0171. The van der Waals surface area contributed by atoms with Gasteiger partial charge in [-0.3, -0.25) is 9.59 Å². The third-order valence-electron chi connectivity index (χ3n) is 2.95. The fourth-order valence-electron chi connectivity index (χ4n) is 1.90. The summed E-state index contributed by atoms with van der Waals surface area (Å²) in [5.74, 6) is -0.746. The molecule has 1 atom stereocenters. The van der Waals surface area contributed by atoms with Crippen molar-refractivity contribution in [2.24, 2.45) is 0 Å². The molecule has 0 aliphatic carbocycles. The van der Waals surface area contributed by atoms with Gasteiger partial charge >= 0.3 is 5.97 Å². The van der Waals surface area contributed by atoms with Crippen molar-refractivity contribution in [2.45, 2.75) is 65.3 Å². The van der Waals surface area contributed by atoms with Gasteiger partial charge in [-0.05, 0) is 26.2 Å². The maximum Gasteiger partial charge on any atom is 0.328 e. The van der Waals surface area contributed by atoms with E-state index >= 15 is 0 Å². The summed E-state index contributed by atoms with van der Waals surface area (Å²) in [6.45, 7) is 6.14. The molecule has 0 unspecified atom stereocenters. The van der Waals surface area contributed by atoms with Crippen LogP contribution in [0.4, 0.5) is 0 Å². The minimum atomic E-state index is -0.671. The van der Waals surface area contributed by atoms with Gasteiger partial charge in [-0.1, -0.05) is 19.8 Å². The summed E-state index contributed by atoms with van der Waals surface area (Å²) in [4.78, 5) is 34.3. The van der Waals surface area contributed by atoms with E-state index in [0.29, 0.717) is 25.8 Å². The first-order valence-corrected chi connectivity index (χ1v) is 7.71. The lowest BCUT2D eigenvalue weighted by Gasteiger charge is -2.16. The topological polar surface area (TPSA) is 84.5 Å². The molecule has 0 saturated carbocycles. The molecule has 6 nitrogen and oxygen atoms in total. The number of unbranched alkanes of at least 4 members (excludes halogenated alkanes) is 2. The van der Waals surface area contributed by atoms with Crippen LogP contribution >= 0.6 is 0 Å². The molecule has 0 heterocycles. The Hall–Kier alpha value is -1.59. The number of carbonyl (C=O) groups excluding carboxylic acids is 3. The van der Waals surface area contributed by atoms with Crippen LogP contribution in [0.2, 0.25) is 0 Å². The number of carbonyl (C=O) groups is 3. The molecule has 0 fully saturated rings. The van der Waals surface area contributed by atoms with Crippen LogP contribution in [-0.4, -0.2) is 37.0 Å². The predicted octanol–water partition coefficient (Wildman–Crippen LogP) is 1.53. The molecule has 0 aliphatic rings. The molecule has 0 bridgehead atoms. The Labute approximate surface area is 127 Å². The van der Waals surface area contributed by atoms with Gasteiger partial charge < -0.3 is 15.4 Å². The van der Waals surface area contributed by atoms with Crippen LogP contribution in [0.3, 0.4) is 0 Å². The molecule has 6 heteroatoms. The molecular formula is C15H28N2O4. The van der Waals surface area contributed by atoms with Crippen molar-refractivity contribution < 1.29 is 19.1 Å². The van der Waals surface area contributed by atoms with Crippen LogP contribution < -0.4 is 10.6 Å². The minimum Gasteiger partial charge on any atom is -0.464 e. The highest BCUT2D eigenvalue weighted by Crippen LogP contribution is 2.04. The van der Waals surface area contributed by atoms with Crippen molar-refractivity contribution in [3.05, 3.63) is 0 Å². The summed E-state index contributed by atoms with van der Waals surface area (Å²) in [5.41, 5.74) is 0. The second kappa shape index (κ2) is 12.2. The van der Waals surface area contributed by atoms with E-state index in [9.17, 15) is 14.4 Å². The van der Waals surface area contributed by atoms with E-state index in [0.717, 1.165) is 19.3 Å². The van der Waals surface area contributed by atoms with Gasteiger partial charge in [0, 0.05) is 19.9 Å². The average molecular weight is 300 g/mol. The van der Waals surface area contributed by atoms with Crippen LogP contribution in [0.5, 0.6) is 0 Å². The molecule has 0 radical (unpaired) electrons. The summed E-state index contributed by atoms with van der Waals surface area (Å²) in [7, 11) is 0. The quantitative estimate of drug-likeness (QED) is 0.448. The first-order chi connectivity index (χ1) is 10.0. The number of esters is 1. The SMILES string of the molecule is CCCCCNC(=O)CCC[C@H](NC(C)=O)C(=O)OCC. The monoisotopic (exact) mass is 300 g/mol. The van der Waals surface area contributed by atoms with Crippen LogP contribution in [0, 0.1) is 0 Å². The fourth-order valence-corrected chi connectivity index (χ4v) is 1.90. The molecule has 122 valence electrons. The van der Waals surface area contributed by atoms with Gasteiger partial charge in [0.1, 0.15) is 6.04 Å². The zero-order valence-electron chi connectivity index (χ0n) is 13.4. The highest BCUT2D eigenvalue weighted by molar-refractivity contribution is 5.83. The first-order valence-electron chi connectivity index (χ1n) is 7.71. The third-order valence-corrected chi connectivity index (χ3v) is 2.95. The summed E-state index contributed by atoms with van der Waals surface area (Å²) in [5, 5.41) is 5.40. The summed E-state index contributed by atoms with van der Waals surface area (Å²) < 4.78 is 4.90. The molecular weight excluding hydrogens is 272 g/mol. The number of ether oxygens (including phenoxy) is 1. The van der Waals surface area contributed by atoms with E-state index in [-0.39, 0.29) is 18.4 Å². The predicted molar refractivity (Wildman–Crippen MR) is 80.6 cm³/mol. The van der Waals surface area contributed by atoms with Crippen LogP contribution in [0.15, 0.2) is 0 Å². The standard InChI is InChI=1S/C15H28N2O4/c1-4-6-7-11-16-14(19)10-8-9-13(17-12(3)18)15(20)21-5-2/h13H,4-11H2,1-3H3,(H,16,19)(H,17,18)/t13-/m0/s1. The number of rotatable bonds is 11. The molecule has 0 aromatic heterocycles. The van der Waals surface area contributed by atoms with Crippen LogP contribution in [-0.2, 0) is 19.1 Å². The largest absolute Gasteiger partial charge is 0.464 e. The fraction of sp³-hybridized carbons (Fsp3) is 0.800. The van der Waals surface area contributed by atoms with Crippen molar-refractivity contribution >= 4 is 17.8 Å². The molecule has 0 spiro atoms. The normalized spacial score (nSPS) is 11.6. The average Bonchev–Trinajstić information content (AvgIpc) is 2.42. The second-order valence-corrected chi connectivity index (χ2v) is 4.95. The van der Waals surface area contributed by atoms with Gasteiger partial charge in [-0.2, -0.15) is 0 Å². The van der Waals surface area contributed by atoms with E-state index < -0.39 is 12.0 Å². The van der Waals surface area contributed by atoms with Crippen molar-refractivity contribution in [1.82, 2.24) is 10.6 Å². The Morgan fingerprint density at radius 3 is 2.38 bits per heavy atom. The molecule has 2 N–H and O–H groups in total. The van der Waals surface area contributed by atoms with E-state index in [4.69, 9.17) is 4.74 Å². The lowest BCUT2D eigenvalue weighted by molar-refractivity contribution is -0.147. The molecule has 21 heavy (non-hydrogen) atoms. The van der Waals surface area contributed by atoms with Gasteiger partial charge in [0.05, 0.1) is 6.61 Å². The Bertz CT molecular complexity index is 332. The molecule has 0 saturated heterocycles. The lowest BCUT2D eigenvalue weighted by atomic mass is 10.1. The van der Waals surface area contributed by atoms with Crippen molar-refractivity contribution in [1.29, 1.82) is 0 Å². The summed E-state index contributed by atoms with van der Waals surface area (Å²) in [6.07, 6.45) is 4.49. The van der Waals surface area contributed by atoms with Crippen molar-refractivity contribution in [2.75, 3.05) is 13.2 Å². The number of amides is 2. The van der Waals surface area contributed by atoms with Gasteiger partial charge in [0.2, 0.25) is 11.8 Å². The van der Waals surface area contributed by atoms with E-state index in [1.54, 1.807) is 6.92 Å². The van der Waals surface area contributed by atoms with E-state index in [1.807, 2.05) is 0 Å². The number of hydrogen-bond acceptors (Lipinski definition) is 4. The van der Waals surface area contributed by atoms with Crippen molar-refractivity contribution in [3.63, 3.8) is 0 Å². The van der Waals surface area contributed by atoms with Gasteiger partial charge in [0.15, 0.2) is 0 Å². The van der Waals surface area contributed by atoms with E-state index in [1.165, 1.54) is 6.92 Å². The maximum atomic E-state index is 11.7. The molecule has 0 rings (SSSR count). The van der Waals surface area contributed by atoms with Crippen molar-refractivity contribution in [3.8, 4) is 0 Å². The molecule has 0 aliphatic heterocycles. The van der Waals surface area contributed by atoms with E-state index in [2.05, 4.69) is 17.6 Å². The zero-order chi connectivity index (χ0) is 16.1. The maximum absolute atomic E-state index is 11.7. The van der Waals surface area contributed by atoms with Gasteiger partial charge in [0.25, 0.3) is 0 Å². The van der Waals surface area contributed by atoms with Crippen LogP contribution in [0.1, 0.15) is 59.3 Å². The van der Waals surface area contributed by atoms with Crippen LogP contribution in [0.25, 0.3) is 0 Å². The molecule has 0 aromatic carbocycles. The second-order valence-electron chi connectivity index (χ2n) is 4.95. The Kier molecular flexibility index (Phi) is 11.3. The van der Waals surface area contributed by atoms with Gasteiger partial charge in [-0.25, -0.2) is 4.79 Å². The molecule has 2 amide bonds. The zero-order valence-corrected chi connectivity index (χ0v) is 13.4. The lowest BCUT2D eigenvalue weighted by Crippen LogP contribution is -2.41. The number of nitrogens with one attached hydrogen (secondary N) is 2. The Balaban J connectivity index is 3.98. The first kappa shape index (κ1) is 19.4. The Morgan fingerprint density at radius 1 is 1.10 bits per heavy atom. The third kappa shape index (κ3) is 10.8. The Morgan fingerprint density at radius 2 is 1.81 bits per heavy atom. The number of hydrogen-bond donors (Lipinski definition) is 2. The summed E-state index contributed by atoms with van der Waals surface area (Å²) in [6, 6.07) is -0.671. The highest BCUT2D eigenvalue weighted by Gasteiger charge is 2.20. The molecule has 0 aromatic rings.